The molecule has 0 aliphatic heterocycles. The molecule has 4 N–H and O–H groups in total. The van der Waals surface area contributed by atoms with E-state index < -0.39 is 5.82 Å². The summed E-state index contributed by atoms with van der Waals surface area (Å²) < 4.78 is 19.6. The van der Waals surface area contributed by atoms with Crippen LogP contribution in [0.1, 0.15) is 5.56 Å². The Morgan fingerprint density at radius 1 is 1.05 bits per heavy atom. The van der Waals surface area contributed by atoms with Crippen LogP contribution in [0.25, 0.3) is 0 Å². The standard InChI is InChI=1S/C14H13FN4O/c15-13-10(9-18-19-14(16)17)5-4-8-12(13)20-11-6-2-1-3-7-11/h1-9H,(H4,16,17,19). The predicted molar refractivity (Wildman–Crippen MR) is 76.3 cm³/mol. The van der Waals surface area contributed by atoms with Gasteiger partial charge in [0.2, 0.25) is 5.96 Å². The monoisotopic (exact) mass is 272 g/mol. The lowest BCUT2D eigenvalue weighted by Crippen LogP contribution is -2.21. The number of rotatable bonds is 4. The van der Waals surface area contributed by atoms with Crippen molar-refractivity contribution >= 4 is 12.2 Å². The summed E-state index contributed by atoms with van der Waals surface area (Å²) in [6.07, 6.45) is 1.22. The molecule has 0 atom stereocenters. The molecule has 0 radical (unpaired) electrons. The van der Waals surface area contributed by atoms with Crippen LogP contribution in [0.3, 0.4) is 0 Å². The summed E-state index contributed by atoms with van der Waals surface area (Å²) in [6.45, 7) is 0. The largest absolute Gasteiger partial charge is 0.454 e. The fourth-order valence-corrected chi connectivity index (χ4v) is 1.48. The van der Waals surface area contributed by atoms with Crippen LogP contribution in [-0.4, -0.2) is 12.2 Å². The number of benzene rings is 2. The van der Waals surface area contributed by atoms with E-state index in [1.165, 1.54) is 12.3 Å². The molecule has 0 aliphatic rings. The van der Waals surface area contributed by atoms with Gasteiger partial charge >= 0.3 is 0 Å². The Labute approximate surface area is 115 Å². The maximum Gasteiger partial charge on any atom is 0.211 e. The zero-order valence-electron chi connectivity index (χ0n) is 10.5. The summed E-state index contributed by atoms with van der Waals surface area (Å²) in [5.41, 5.74) is 10.5. The lowest BCUT2D eigenvalue weighted by Gasteiger charge is -2.07. The van der Waals surface area contributed by atoms with Gasteiger partial charge in [-0.15, -0.1) is 5.10 Å². The zero-order valence-corrected chi connectivity index (χ0v) is 10.5. The highest BCUT2D eigenvalue weighted by atomic mass is 19.1. The molecule has 0 unspecified atom stereocenters. The third-order valence-corrected chi connectivity index (χ3v) is 2.33. The molecule has 0 heterocycles. The van der Waals surface area contributed by atoms with Crippen molar-refractivity contribution in [3.63, 3.8) is 0 Å². The van der Waals surface area contributed by atoms with Crippen molar-refractivity contribution in [3.8, 4) is 11.5 Å². The third kappa shape index (κ3) is 3.55. The van der Waals surface area contributed by atoms with E-state index >= 15 is 0 Å². The van der Waals surface area contributed by atoms with E-state index in [1.807, 2.05) is 6.07 Å². The fourth-order valence-electron chi connectivity index (χ4n) is 1.48. The Morgan fingerprint density at radius 2 is 1.80 bits per heavy atom. The highest BCUT2D eigenvalue weighted by molar-refractivity contribution is 5.82. The van der Waals surface area contributed by atoms with Gasteiger partial charge < -0.3 is 16.2 Å². The smallest absolute Gasteiger partial charge is 0.211 e. The van der Waals surface area contributed by atoms with Gasteiger partial charge in [0.15, 0.2) is 11.6 Å². The van der Waals surface area contributed by atoms with Crippen LogP contribution in [0.2, 0.25) is 0 Å². The molecule has 0 saturated heterocycles. The van der Waals surface area contributed by atoms with Crippen LogP contribution in [-0.2, 0) is 0 Å². The third-order valence-electron chi connectivity index (χ3n) is 2.33. The Hall–Kier alpha value is -2.89. The van der Waals surface area contributed by atoms with Gasteiger partial charge in [0.25, 0.3) is 0 Å². The zero-order chi connectivity index (χ0) is 14.4. The van der Waals surface area contributed by atoms with Crippen LogP contribution < -0.4 is 16.2 Å². The van der Waals surface area contributed by atoms with Crippen molar-refractivity contribution in [1.82, 2.24) is 0 Å². The summed E-state index contributed by atoms with van der Waals surface area (Å²) in [4.78, 5) is 0. The molecule has 0 spiro atoms. The summed E-state index contributed by atoms with van der Waals surface area (Å²) in [7, 11) is 0. The average Bonchev–Trinajstić information content (AvgIpc) is 2.44. The molecular formula is C14H13FN4O. The number of nitrogens with two attached hydrogens (primary N) is 2. The lowest BCUT2D eigenvalue weighted by molar-refractivity contribution is 0.442. The summed E-state index contributed by atoms with van der Waals surface area (Å²) in [5, 5.41) is 6.98. The van der Waals surface area contributed by atoms with Crippen molar-refractivity contribution in [1.29, 1.82) is 0 Å². The topological polar surface area (TPSA) is 86.0 Å². The van der Waals surface area contributed by atoms with Crippen LogP contribution in [0.15, 0.2) is 58.7 Å². The maximum absolute atomic E-state index is 14.2. The Kier molecular flexibility index (Phi) is 4.28. The Morgan fingerprint density at radius 3 is 2.50 bits per heavy atom. The molecule has 0 fully saturated rings. The highest BCUT2D eigenvalue weighted by Crippen LogP contribution is 2.25. The number of guanidine groups is 1. The SMILES string of the molecule is NC(N)=NN=Cc1cccc(Oc2ccccc2)c1F. The van der Waals surface area contributed by atoms with Crippen LogP contribution in [0.4, 0.5) is 4.39 Å². The predicted octanol–water partition coefficient (Wildman–Crippen LogP) is 2.23. The van der Waals surface area contributed by atoms with Crippen molar-refractivity contribution < 1.29 is 9.13 Å². The van der Waals surface area contributed by atoms with Crippen LogP contribution in [0, 0.1) is 5.82 Å². The second-order valence-corrected chi connectivity index (χ2v) is 3.84. The van der Waals surface area contributed by atoms with Crippen molar-refractivity contribution in [3.05, 3.63) is 59.9 Å². The van der Waals surface area contributed by atoms with Crippen LogP contribution in [0.5, 0.6) is 11.5 Å². The first-order valence-corrected chi connectivity index (χ1v) is 5.80. The molecule has 6 heteroatoms. The summed E-state index contributed by atoms with van der Waals surface area (Å²) >= 11 is 0. The molecule has 0 aromatic heterocycles. The molecule has 2 aromatic carbocycles. The molecule has 2 rings (SSSR count). The molecular weight excluding hydrogens is 259 g/mol. The molecule has 0 amide bonds. The van der Waals surface area contributed by atoms with Gasteiger partial charge in [-0.3, -0.25) is 0 Å². The molecule has 2 aromatic rings. The van der Waals surface area contributed by atoms with E-state index in [4.69, 9.17) is 16.2 Å². The summed E-state index contributed by atoms with van der Waals surface area (Å²) in [5.74, 6) is -0.0844. The first kappa shape index (κ1) is 13.5. The fraction of sp³-hybridized carbons (Fsp3) is 0. The number of hydrogen-bond acceptors (Lipinski definition) is 3. The number of para-hydroxylation sites is 1. The molecule has 0 bridgehead atoms. The van der Waals surface area contributed by atoms with E-state index in [1.54, 1.807) is 36.4 Å². The van der Waals surface area contributed by atoms with Crippen molar-refractivity contribution in [2.45, 2.75) is 0 Å². The first-order valence-electron chi connectivity index (χ1n) is 5.80. The van der Waals surface area contributed by atoms with Gasteiger partial charge in [0.1, 0.15) is 5.75 Å². The lowest BCUT2D eigenvalue weighted by atomic mass is 10.2. The number of nitrogens with zero attached hydrogens (tertiary/aromatic N) is 2. The first-order chi connectivity index (χ1) is 9.66. The van der Waals surface area contributed by atoms with Crippen LogP contribution >= 0.6 is 0 Å². The number of hydrogen-bond donors (Lipinski definition) is 2. The normalized spacial score (nSPS) is 10.4. The minimum absolute atomic E-state index is 0.102. The molecule has 20 heavy (non-hydrogen) atoms. The van der Waals surface area contributed by atoms with E-state index in [-0.39, 0.29) is 17.3 Å². The van der Waals surface area contributed by atoms with Gasteiger partial charge in [0.05, 0.1) is 6.21 Å². The Balaban J connectivity index is 2.23. The molecule has 102 valence electrons. The van der Waals surface area contributed by atoms with E-state index in [0.717, 1.165) is 0 Å². The maximum atomic E-state index is 14.2. The Bertz CT molecular complexity index is 637. The molecule has 0 saturated carbocycles. The number of ether oxygens (including phenoxy) is 1. The summed E-state index contributed by atoms with van der Waals surface area (Å²) in [6, 6.07) is 13.6. The van der Waals surface area contributed by atoms with Gasteiger partial charge in [-0.25, -0.2) is 4.39 Å². The van der Waals surface area contributed by atoms with Crippen molar-refractivity contribution in [2.24, 2.45) is 21.7 Å². The van der Waals surface area contributed by atoms with E-state index in [9.17, 15) is 4.39 Å². The van der Waals surface area contributed by atoms with Crippen molar-refractivity contribution in [2.75, 3.05) is 0 Å². The second-order valence-electron chi connectivity index (χ2n) is 3.84. The average molecular weight is 272 g/mol. The second kappa shape index (κ2) is 6.33. The minimum Gasteiger partial charge on any atom is -0.454 e. The van der Waals surface area contributed by atoms with Gasteiger partial charge in [-0.05, 0) is 18.2 Å². The van der Waals surface area contributed by atoms with Gasteiger partial charge in [-0.2, -0.15) is 5.10 Å². The molecule has 5 nitrogen and oxygen atoms in total. The number of halogens is 1. The van der Waals surface area contributed by atoms with Gasteiger partial charge in [0, 0.05) is 5.56 Å². The molecule has 0 aliphatic carbocycles. The van der Waals surface area contributed by atoms with E-state index in [0.29, 0.717) is 5.75 Å². The highest BCUT2D eigenvalue weighted by Gasteiger charge is 2.08. The van der Waals surface area contributed by atoms with E-state index in [2.05, 4.69) is 10.2 Å². The quantitative estimate of drug-likeness (QED) is 0.508. The minimum atomic E-state index is -0.536. The van der Waals surface area contributed by atoms with Gasteiger partial charge in [-0.1, -0.05) is 30.3 Å².